The molecule has 1 aromatic heterocycles. The molecular formula is C21H24N4O. The third-order valence-electron chi connectivity index (χ3n) is 5.14. The molecule has 0 spiro atoms. The molecule has 5 heteroatoms. The number of aryl methyl sites for hydroxylation is 2. The molecule has 0 bridgehead atoms. The third-order valence-corrected chi connectivity index (χ3v) is 5.14. The number of anilines is 1. The minimum Gasteiger partial charge on any atom is -0.342 e. The van der Waals surface area contributed by atoms with Crippen molar-refractivity contribution in [3.8, 4) is 0 Å². The van der Waals surface area contributed by atoms with Gasteiger partial charge in [-0.15, -0.1) is 0 Å². The van der Waals surface area contributed by atoms with Gasteiger partial charge >= 0.3 is 6.03 Å². The number of hydrogen-bond donors (Lipinski definition) is 2. The van der Waals surface area contributed by atoms with Gasteiger partial charge in [-0.25, -0.2) is 9.78 Å². The molecule has 2 heterocycles. The Morgan fingerprint density at radius 3 is 2.92 bits per heavy atom. The molecule has 3 aromatic rings. The van der Waals surface area contributed by atoms with Gasteiger partial charge in [-0.2, -0.15) is 0 Å². The van der Waals surface area contributed by atoms with Crippen LogP contribution in [-0.2, 0) is 0 Å². The SMILES string of the molecule is Cc1ccc2nc(C3CCCN(C(=O)Nc4ccccc4C)C3)[nH]c2c1. The number of aromatic amines is 1. The van der Waals surface area contributed by atoms with Gasteiger partial charge in [0, 0.05) is 24.7 Å². The van der Waals surface area contributed by atoms with E-state index in [-0.39, 0.29) is 11.9 Å². The first-order chi connectivity index (χ1) is 12.6. The van der Waals surface area contributed by atoms with Crippen LogP contribution in [0.5, 0.6) is 0 Å². The van der Waals surface area contributed by atoms with Crippen LogP contribution >= 0.6 is 0 Å². The maximum absolute atomic E-state index is 12.7. The number of aromatic nitrogens is 2. The number of likely N-dealkylation sites (tertiary alicyclic amines) is 1. The summed E-state index contributed by atoms with van der Waals surface area (Å²) in [6, 6.07) is 14.1. The molecule has 0 saturated carbocycles. The van der Waals surface area contributed by atoms with Gasteiger partial charge in [-0.3, -0.25) is 0 Å². The molecule has 5 nitrogen and oxygen atoms in total. The van der Waals surface area contributed by atoms with Gasteiger partial charge in [-0.1, -0.05) is 24.3 Å². The highest BCUT2D eigenvalue weighted by molar-refractivity contribution is 5.90. The Morgan fingerprint density at radius 2 is 2.08 bits per heavy atom. The number of nitrogens with zero attached hydrogens (tertiary/aromatic N) is 2. The topological polar surface area (TPSA) is 61.0 Å². The number of rotatable bonds is 2. The molecule has 2 N–H and O–H groups in total. The molecule has 0 radical (unpaired) electrons. The number of fused-ring (bicyclic) bond motifs is 1. The van der Waals surface area contributed by atoms with E-state index in [1.165, 1.54) is 5.56 Å². The number of imidazole rings is 1. The Morgan fingerprint density at radius 1 is 1.23 bits per heavy atom. The molecule has 1 aliphatic rings. The van der Waals surface area contributed by atoms with Crippen LogP contribution < -0.4 is 5.32 Å². The van der Waals surface area contributed by atoms with Crippen LogP contribution in [0, 0.1) is 13.8 Å². The lowest BCUT2D eigenvalue weighted by molar-refractivity contribution is 0.191. The van der Waals surface area contributed by atoms with Crippen molar-refractivity contribution >= 4 is 22.8 Å². The number of carbonyl (C=O) groups excluding carboxylic acids is 1. The summed E-state index contributed by atoms with van der Waals surface area (Å²) < 4.78 is 0. The van der Waals surface area contributed by atoms with E-state index in [1.807, 2.05) is 36.1 Å². The van der Waals surface area contributed by atoms with Crippen molar-refractivity contribution < 1.29 is 4.79 Å². The fourth-order valence-electron chi connectivity index (χ4n) is 3.63. The predicted octanol–water partition coefficient (Wildman–Crippen LogP) is 4.59. The molecular weight excluding hydrogens is 324 g/mol. The molecule has 1 fully saturated rings. The first-order valence-electron chi connectivity index (χ1n) is 9.18. The molecule has 0 aliphatic carbocycles. The average Bonchev–Trinajstić information content (AvgIpc) is 3.07. The van der Waals surface area contributed by atoms with Crippen molar-refractivity contribution in [3.05, 3.63) is 59.4 Å². The van der Waals surface area contributed by atoms with Crippen molar-refractivity contribution in [2.24, 2.45) is 0 Å². The van der Waals surface area contributed by atoms with E-state index >= 15 is 0 Å². The van der Waals surface area contributed by atoms with E-state index in [4.69, 9.17) is 4.98 Å². The normalized spacial score (nSPS) is 17.5. The second kappa shape index (κ2) is 6.83. The quantitative estimate of drug-likeness (QED) is 0.711. The zero-order valence-electron chi connectivity index (χ0n) is 15.2. The Bertz CT molecular complexity index is 946. The van der Waals surface area contributed by atoms with Crippen molar-refractivity contribution in [3.63, 3.8) is 0 Å². The molecule has 26 heavy (non-hydrogen) atoms. The fraction of sp³-hybridized carbons (Fsp3) is 0.333. The van der Waals surface area contributed by atoms with Gasteiger partial charge in [0.1, 0.15) is 5.82 Å². The number of hydrogen-bond acceptors (Lipinski definition) is 2. The standard InChI is InChI=1S/C21H24N4O/c1-14-9-10-18-19(12-14)23-20(22-18)16-7-5-11-25(13-16)21(26)24-17-8-4-3-6-15(17)2/h3-4,6,8-10,12,16H,5,7,11,13H2,1-2H3,(H,22,23)(H,24,26). The molecule has 2 amide bonds. The molecule has 2 aromatic carbocycles. The first kappa shape index (κ1) is 16.6. The van der Waals surface area contributed by atoms with E-state index in [9.17, 15) is 4.79 Å². The highest BCUT2D eigenvalue weighted by Gasteiger charge is 2.27. The first-order valence-corrected chi connectivity index (χ1v) is 9.18. The van der Waals surface area contributed by atoms with E-state index in [1.54, 1.807) is 0 Å². The molecule has 1 atom stereocenters. The minimum atomic E-state index is -0.0315. The third kappa shape index (κ3) is 3.29. The molecule has 134 valence electrons. The molecule has 4 rings (SSSR count). The number of piperidine rings is 1. The van der Waals surface area contributed by atoms with E-state index in [2.05, 4.69) is 35.4 Å². The smallest absolute Gasteiger partial charge is 0.321 e. The molecule has 1 unspecified atom stereocenters. The van der Waals surface area contributed by atoms with Crippen LogP contribution in [0.25, 0.3) is 11.0 Å². The van der Waals surface area contributed by atoms with Crippen molar-refractivity contribution in [2.75, 3.05) is 18.4 Å². The lowest BCUT2D eigenvalue weighted by Crippen LogP contribution is -2.41. The van der Waals surface area contributed by atoms with Crippen LogP contribution in [0.3, 0.4) is 0 Å². The van der Waals surface area contributed by atoms with Crippen LogP contribution in [0.2, 0.25) is 0 Å². The largest absolute Gasteiger partial charge is 0.342 e. The zero-order chi connectivity index (χ0) is 18.1. The van der Waals surface area contributed by atoms with Crippen molar-refractivity contribution in [2.45, 2.75) is 32.6 Å². The zero-order valence-corrected chi connectivity index (χ0v) is 15.2. The van der Waals surface area contributed by atoms with Crippen LogP contribution in [0.15, 0.2) is 42.5 Å². The summed E-state index contributed by atoms with van der Waals surface area (Å²) in [4.78, 5) is 22.8. The van der Waals surface area contributed by atoms with E-state index in [0.717, 1.165) is 47.5 Å². The van der Waals surface area contributed by atoms with Gasteiger partial charge in [0.15, 0.2) is 0 Å². The number of amides is 2. The Kier molecular flexibility index (Phi) is 4.37. The highest BCUT2D eigenvalue weighted by atomic mass is 16.2. The second-order valence-corrected chi connectivity index (χ2v) is 7.17. The summed E-state index contributed by atoms with van der Waals surface area (Å²) in [5.41, 5.74) is 5.23. The monoisotopic (exact) mass is 348 g/mol. The maximum atomic E-state index is 12.7. The number of nitrogens with one attached hydrogen (secondary N) is 2. The van der Waals surface area contributed by atoms with Gasteiger partial charge < -0.3 is 15.2 Å². The van der Waals surface area contributed by atoms with E-state index in [0.29, 0.717) is 6.54 Å². The Balaban J connectivity index is 1.49. The summed E-state index contributed by atoms with van der Waals surface area (Å²) in [5, 5.41) is 3.04. The summed E-state index contributed by atoms with van der Waals surface area (Å²) in [7, 11) is 0. The lowest BCUT2D eigenvalue weighted by Gasteiger charge is -2.32. The maximum Gasteiger partial charge on any atom is 0.321 e. The second-order valence-electron chi connectivity index (χ2n) is 7.17. The number of H-pyrrole nitrogens is 1. The van der Waals surface area contributed by atoms with Crippen LogP contribution in [0.1, 0.15) is 35.7 Å². The van der Waals surface area contributed by atoms with Crippen LogP contribution in [-0.4, -0.2) is 34.0 Å². The number of para-hydroxylation sites is 1. The molecule has 1 aliphatic heterocycles. The van der Waals surface area contributed by atoms with Gasteiger partial charge in [-0.05, 0) is 56.0 Å². The highest BCUT2D eigenvalue weighted by Crippen LogP contribution is 2.27. The predicted molar refractivity (Wildman–Crippen MR) is 105 cm³/mol. The fourth-order valence-corrected chi connectivity index (χ4v) is 3.63. The average molecular weight is 348 g/mol. The minimum absolute atomic E-state index is 0.0315. The number of benzene rings is 2. The Labute approximate surface area is 153 Å². The molecule has 1 saturated heterocycles. The van der Waals surface area contributed by atoms with Gasteiger partial charge in [0.05, 0.1) is 11.0 Å². The number of urea groups is 1. The lowest BCUT2D eigenvalue weighted by atomic mass is 9.97. The summed E-state index contributed by atoms with van der Waals surface area (Å²) >= 11 is 0. The summed E-state index contributed by atoms with van der Waals surface area (Å²) in [6.45, 7) is 5.56. The number of carbonyl (C=O) groups is 1. The van der Waals surface area contributed by atoms with Crippen molar-refractivity contribution in [1.82, 2.24) is 14.9 Å². The van der Waals surface area contributed by atoms with Gasteiger partial charge in [0.2, 0.25) is 0 Å². The summed E-state index contributed by atoms with van der Waals surface area (Å²) in [6.07, 6.45) is 2.04. The summed E-state index contributed by atoms with van der Waals surface area (Å²) in [5.74, 6) is 1.23. The van der Waals surface area contributed by atoms with Crippen LogP contribution in [0.4, 0.5) is 10.5 Å². The van der Waals surface area contributed by atoms with E-state index < -0.39 is 0 Å². The van der Waals surface area contributed by atoms with Crippen molar-refractivity contribution in [1.29, 1.82) is 0 Å². The Hall–Kier alpha value is -2.82. The van der Waals surface area contributed by atoms with Gasteiger partial charge in [0.25, 0.3) is 0 Å².